The standard InChI is InChI=1S/C28H35N3O4S3/c1-6-18-9-11-20-22(12-18)38-25(24(20)27(34)35-7-2)30-23(32)15-36-28-29-21(13-19-10-8-17(5)37-19)26(33)31(28)14-16(3)4/h8,10,13,16,18H,6-7,9,11-12,14-15H2,1-5H3,(H,30,32)/b21-13+/t18-/m1/s1. The number of thiophene rings is 2. The highest BCUT2D eigenvalue weighted by Gasteiger charge is 2.33. The van der Waals surface area contributed by atoms with E-state index in [0.29, 0.717) is 33.9 Å². The monoisotopic (exact) mass is 573 g/mol. The lowest BCUT2D eigenvalue weighted by Gasteiger charge is -2.21. The summed E-state index contributed by atoms with van der Waals surface area (Å²) in [6.07, 6.45) is 5.70. The summed E-state index contributed by atoms with van der Waals surface area (Å²) in [5.74, 6) is 0.161. The average molecular weight is 574 g/mol. The van der Waals surface area contributed by atoms with Crippen molar-refractivity contribution in [3.8, 4) is 0 Å². The van der Waals surface area contributed by atoms with E-state index in [4.69, 9.17) is 4.74 Å². The molecule has 0 unspecified atom stereocenters. The highest BCUT2D eigenvalue weighted by molar-refractivity contribution is 8.14. The Kier molecular flexibility index (Phi) is 9.49. The van der Waals surface area contributed by atoms with Crippen LogP contribution in [0.3, 0.4) is 0 Å². The van der Waals surface area contributed by atoms with E-state index in [1.54, 1.807) is 23.2 Å². The van der Waals surface area contributed by atoms with Gasteiger partial charge in [-0.2, -0.15) is 0 Å². The second-order valence-corrected chi connectivity index (χ2v) is 13.3. The molecule has 10 heteroatoms. The first kappa shape index (κ1) is 28.6. The zero-order chi connectivity index (χ0) is 27.4. The maximum absolute atomic E-state index is 13.1. The van der Waals surface area contributed by atoms with E-state index in [2.05, 4.69) is 17.2 Å². The van der Waals surface area contributed by atoms with E-state index in [-0.39, 0.29) is 36.1 Å². The van der Waals surface area contributed by atoms with Gasteiger partial charge in [-0.05, 0) is 68.7 Å². The van der Waals surface area contributed by atoms with E-state index >= 15 is 0 Å². The molecular weight excluding hydrogens is 539 g/mol. The van der Waals surface area contributed by atoms with Crippen LogP contribution in [0.15, 0.2) is 22.8 Å². The first-order chi connectivity index (χ1) is 18.2. The van der Waals surface area contributed by atoms with Crippen molar-refractivity contribution in [2.45, 2.75) is 60.3 Å². The number of nitrogens with one attached hydrogen (secondary N) is 1. The number of hydrogen-bond acceptors (Lipinski definition) is 8. The van der Waals surface area contributed by atoms with Gasteiger partial charge in [-0.3, -0.25) is 14.5 Å². The lowest BCUT2D eigenvalue weighted by molar-refractivity contribution is -0.123. The molecule has 204 valence electrons. The van der Waals surface area contributed by atoms with E-state index in [1.165, 1.54) is 32.9 Å². The predicted octanol–water partition coefficient (Wildman–Crippen LogP) is 6.38. The van der Waals surface area contributed by atoms with Gasteiger partial charge in [-0.25, -0.2) is 9.79 Å². The lowest BCUT2D eigenvalue weighted by Crippen LogP contribution is -2.34. The molecule has 0 spiro atoms. The lowest BCUT2D eigenvalue weighted by atomic mass is 9.85. The number of carbonyl (C=O) groups is 3. The molecule has 1 N–H and O–H groups in total. The third-order valence-corrected chi connectivity index (χ3v) is 9.60. The molecule has 2 amide bonds. The maximum atomic E-state index is 13.1. The van der Waals surface area contributed by atoms with Gasteiger partial charge in [0, 0.05) is 21.2 Å². The Morgan fingerprint density at radius 1 is 1.29 bits per heavy atom. The zero-order valence-electron chi connectivity index (χ0n) is 22.6. The molecule has 4 rings (SSSR count). The van der Waals surface area contributed by atoms with Gasteiger partial charge in [0.15, 0.2) is 5.17 Å². The average Bonchev–Trinajstić information content (AvgIpc) is 3.53. The molecule has 2 aliphatic rings. The van der Waals surface area contributed by atoms with Gasteiger partial charge in [0.2, 0.25) is 5.91 Å². The van der Waals surface area contributed by atoms with Crippen LogP contribution in [0.2, 0.25) is 0 Å². The molecule has 0 aromatic carbocycles. The molecule has 38 heavy (non-hydrogen) atoms. The normalized spacial score (nSPS) is 18.2. The molecule has 0 saturated carbocycles. The van der Waals surface area contributed by atoms with Crippen LogP contribution in [0, 0.1) is 18.8 Å². The van der Waals surface area contributed by atoms with Crippen molar-refractivity contribution in [1.29, 1.82) is 0 Å². The third kappa shape index (κ3) is 6.58. The Labute approximate surface area is 236 Å². The summed E-state index contributed by atoms with van der Waals surface area (Å²) in [5, 5.41) is 4.06. The third-order valence-electron chi connectivity index (χ3n) is 6.51. The van der Waals surface area contributed by atoms with Crippen molar-refractivity contribution >= 4 is 68.5 Å². The fourth-order valence-electron chi connectivity index (χ4n) is 4.64. The molecule has 1 aliphatic carbocycles. The number of amidine groups is 1. The van der Waals surface area contributed by atoms with E-state index in [9.17, 15) is 14.4 Å². The van der Waals surface area contributed by atoms with Crippen LogP contribution in [-0.2, 0) is 27.2 Å². The summed E-state index contributed by atoms with van der Waals surface area (Å²) in [6, 6.07) is 3.99. The number of amides is 2. The molecular formula is C28H35N3O4S3. The van der Waals surface area contributed by atoms with Gasteiger partial charge < -0.3 is 10.1 Å². The summed E-state index contributed by atoms with van der Waals surface area (Å²) < 4.78 is 5.34. The van der Waals surface area contributed by atoms with Crippen molar-refractivity contribution in [2.75, 3.05) is 24.2 Å². The Morgan fingerprint density at radius 3 is 2.74 bits per heavy atom. The van der Waals surface area contributed by atoms with Crippen molar-refractivity contribution in [3.05, 3.63) is 43.6 Å². The number of carbonyl (C=O) groups excluding carboxylic acids is 3. The highest BCUT2D eigenvalue weighted by atomic mass is 32.2. The minimum Gasteiger partial charge on any atom is -0.462 e. The number of ether oxygens (including phenoxy) is 1. The summed E-state index contributed by atoms with van der Waals surface area (Å²) in [6.45, 7) is 10.9. The van der Waals surface area contributed by atoms with Crippen LogP contribution in [0.25, 0.3) is 6.08 Å². The second-order valence-electron chi connectivity index (χ2n) is 9.96. The molecule has 0 fully saturated rings. The van der Waals surface area contributed by atoms with Gasteiger partial charge in [0.05, 0.1) is 17.9 Å². The Morgan fingerprint density at radius 2 is 2.08 bits per heavy atom. The van der Waals surface area contributed by atoms with Gasteiger partial charge in [-0.1, -0.05) is 39.0 Å². The fraction of sp³-hybridized carbons (Fsp3) is 0.500. The smallest absolute Gasteiger partial charge is 0.341 e. The molecule has 1 atom stereocenters. The van der Waals surface area contributed by atoms with Crippen LogP contribution in [0.4, 0.5) is 5.00 Å². The molecule has 3 heterocycles. The van der Waals surface area contributed by atoms with E-state index in [1.807, 2.05) is 39.0 Å². The minimum absolute atomic E-state index is 0.0779. The number of aryl methyl sites for hydroxylation is 1. The Bertz CT molecular complexity index is 1270. The van der Waals surface area contributed by atoms with E-state index < -0.39 is 0 Å². The SMILES string of the molecule is CCOC(=O)c1c(NC(=O)CSC2=N/C(=C/c3ccc(C)s3)C(=O)N2CC(C)C)sc2c1CC[C@@H](CC)C2. The number of thioether (sulfide) groups is 1. The van der Waals surface area contributed by atoms with Gasteiger partial charge in [-0.15, -0.1) is 22.7 Å². The molecule has 7 nitrogen and oxygen atoms in total. The van der Waals surface area contributed by atoms with Crippen molar-refractivity contribution in [3.63, 3.8) is 0 Å². The number of nitrogens with zero attached hydrogens (tertiary/aromatic N) is 2. The molecule has 0 saturated heterocycles. The summed E-state index contributed by atoms with van der Waals surface area (Å²) >= 11 is 4.34. The topological polar surface area (TPSA) is 88.1 Å². The summed E-state index contributed by atoms with van der Waals surface area (Å²) in [7, 11) is 0. The van der Waals surface area contributed by atoms with Crippen molar-refractivity contribution in [1.82, 2.24) is 4.90 Å². The van der Waals surface area contributed by atoms with Gasteiger partial charge >= 0.3 is 5.97 Å². The van der Waals surface area contributed by atoms with Crippen LogP contribution in [0.1, 0.15) is 71.1 Å². The molecule has 2 aromatic rings. The minimum atomic E-state index is -0.379. The Balaban J connectivity index is 1.50. The van der Waals surface area contributed by atoms with Crippen LogP contribution in [0.5, 0.6) is 0 Å². The quantitative estimate of drug-likeness (QED) is 0.278. The molecule has 2 aromatic heterocycles. The number of aliphatic imine (C=N–C) groups is 1. The first-order valence-electron chi connectivity index (χ1n) is 13.1. The first-order valence-corrected chi connectivity index (χ1v) is 15.7. The van der Waals surface area contributed by atoms with E-state index in [0.717, 1.165) is 36.1 Å². The highest BCUT2D eigenvalue weighted by Crippen LogP contribution is 2.41. The van der Waals surface area contributed by atoms with Gasteiger partial charge in [0.25, 0.3) is 5.91 Å². The molecule has 1 aliphatic heterocycles. The molecule has 0 radical (unpaired) electrons. The Hall–Kier alpha value is -2.43. The second kappa shape index (κ2) is 12.6. The predicted molar refractivity (Wildman–Crippen MR) is 158 cm³/mol. The zero-order valence-corrected chi connectivity index (χ0v) is 25.0. The van der Waals surface area contributed by atoms with Crippen LogP contribution in [-0.4, -0.2) is 46.8 Å². The van der Waals surface area contributed by atoms with Crippen molar-refractivity contribution < 1.29 is 19.1 Å². The van der Waals surface area contributed by atoms with Crippen LogP contribution < -0.4 is 5.32 Å². The molecule has 0 bridgehead atoms. The summed E-state index contributed by atoms with van der Waals surface area (Å²) in [5.41, 5.74) is 1.91. The number of hydrogen-bond donors (Lipinski definition) is 1. The largest absolute Gasteiger partial charge is 0.462 e. The fourth-order valence-corrected chi connectivity index (χ4v) is 7.62. The summed E-state index contributed by atoms with van der Waals surface area (Å²) in [4.78, 5) is 48.6. The number of rotatable bonds is 9. The number of fused-ring (bicyclic) bond motifs is 1. The van der Waals surface area contributed by atoms with Crippen LogP contribution >= 0.6 is 34.4 Å². The maximum Gasteiger partial charge on any atom is 0.341 e. The van der Waals surface area contributed by atoms with Gasteiger partial charge in [0.1, 0.15) is 10.7 Å². The number of esters is 1. The number of anilines is 1. The van der Waals surface area contributed by atoms with Crippen molar-refractivity contribution in [2.24, 2.45) is 16.8 Å².